The molecule has 3 fully saturated rings. The molecule has 22 nitrogen and oxygen atoms in total. The minimum Gasteiger partial charge on any atom is -0.462 e. The third-order valence-electron chi connectivity index (χ3n) is 14.9. The van der Waals surface area contributed by atoms with E-state index in [1.165, 1.54) is 6.92 Å². The molecular formula is C58H94N4O18. The molecule has 22 heteroatoms. The Balaban J connectivity index is 1.67. The van der Waals surface area contributed by atoms with Gasteiger partial charge in [0.15, 0.2) is 12.1 Å². The van der Waals surface area contributed by atoms with Crippen LogP contribution < -0.4 is 10.6 Å². The van der Waals surface area contributed by atoms with Gasteiger partial charge >= 0.3 is 5.97 Å². The molecule has 4 rings (SSSR count). The van der Waals surface area contributed by atoms with Crippen LogP contribution in [0.5, 0.6) is 0 Å². The smallest absolute Gasteiger partial charge is 0.308 e. The van der Waals surface area contributed by atoms with Gasteiger partial charge in [-0.15, -0.1) is 0 Å². The molecule has 0 aliphatic carbocycles. The zero-order valence-electron chi connectivity index (χ0n) is 47.5. The summed E-state index contributed by atoms with van der Waals surface area (Å²) in [6.45, 7) is 11.7. The van der Waals surface area contributed by atoms with Gasteiger partial charge in [0.05, 0.1) is 91.6 Å². The second-order valence-corrected chi connectivity index (χ2v) is 22.7. The molecule has 19 atom stereocenters. The molecule has 4 heterocycles. The Bertz CT molecular complexity index is 2110. The average molecular weight is 1140 g/mol. The lowest BCUT2D eigenvalue weighted by Crippen LogP contribution is -2.64. The molecular weight excluding hydrogens is 1040 g/mol. The van der Waals surface area contributed by atoms with Crippen molar-refractivity contribution in [3.63, 3.8) is 0 Å². The molecule has 4 aliphatic rings. The molecule has 2 bridgehead atoms. The normalized spacial score (nSPS) is 40.8. The second-order valence-electron chi connectivity index (χ2n) is 22.7. The van der Waals surface area contributed by atoms with E-state index in [1.54, 1.807) is 94.3 Å². The van der Waals surface area contributed by atoms with Crippen molar-refractivity contribution in [2.45, 2.75) is 196 Å². The molecule has 454 valence electrons. The molecule has 0 unspecified atom stereocenters. The number of nitrogens with one attached hydrogen (secondary N) is 2. The van der Waals surface area contributed by atoms with Crippen LogP contribution in [0.4, 0.5) is 0 Å². The zero-order chi connectivity index (χ0) is 59.3. The summed E-state index contributed by atoms with van der Waals surface area (Å²) in [5.74, 6) is -6.15. The summed E-state index contributed by atoms with van der Waals surface area (Å²) >= 11 is 0. The van der Waals surface area contributed by atoms with Crippen LogP contribution in [0.15, 0.2) is 85.1 Å². The number of hydrogen-bond acceptors (Lipinski definition) is 20. The Morgan fingerprint density at radius 2 is 1.29 bits per heavy atom. The fourth-order valence-corrected chi connectivity index (χ4v) is 10.4. The molecule has 2 amide bonds. The van der Waals surface area contributed by atoms with Gasteiger partial charge in [-0.2, -0.15) is 0 Å². The first-order valence-corrected chi connectivity index (χ1v) is 28.1. The summed E-state index contributed by atoms with van der Waals surface area (Å²) < 4.78 is 24.3. The first-order valence-electron chi connectivity index (χ1n) is 28.1. The van der Waals surface area contributed by atoms with Crippen molar-refractivity contribution in [3.8, 4) is 0 Å². The molecule has 0 radical (unpaired) electrons. The number of β-amino-alcohol motifs (C(OH)–C–C–N with tert-alkyl or cyclic N) is 1. The van der Waals surface area contributed by atoms with E-state index in [9.17, 15) is 70.6 Å². The van der Waals surface area contributed by atoms with Gasteiger partial charge < -0.3 is 90.7 Å². The third kappa shape index (κ3) is 22.9. The summed E-state index contributed by atoms with van der Waals surface area (Å²) in [6.07, 6.45) is 3.52. The van der Waals surface area contributed by atoms with Crippen LogP contribution >= 0.6 is 0 Å². The predicted molar refractivity (Wildman–Crippen MR) is 297 cm³/mol. The van der Waals surface area contributed by atoms with Gasteiger partial charge in [0.2, 0.25) is 11.8 Å². The number of carbonyl (C=O) groups excluding carboxylic acids is 3. The van der Waals surface area contributed by atoms with E-state index in [1.807, 2.05) is 42.2 Å². The Morgan fingerprint density at radius 1 is 0.700 bits per heavy atom. The van der Waals surface area contributed by atoms with Gasteiger partial charge in [-0.05, 0) is 54.0 Å². The highest BCUT2D eigenvalue weighted by molar-refractivity contribution is 5.80. The number of piperazine rings is 1. The number of fused-ring (bicyclic) bond motifs is 2. The number of cyclic esters (lactones) is 1. The van der Waals surface area contributed by atoms with Crippen molar-refractivity contribution in [2.24, 2.45) is 17.8 Å². The van der Waals surface area contributed by atoms with Crippen LogP contribution in [-0.4, -0.2) is 233 Å². The number of aliphatic hydroxyl groups excluding tert-OH is 9. The fraction of sp³-hybridized carbons (Fsp3) is 0.707. The van der Waals surface area contributed by atoms with E-state index >= 15 is 0 Å². The van der Waals surface area contributed by atoms with Gasteiger partial charge in [-0.3, -0.25) is 19.3 Å². The van der Waals surface area contributed by atoms with Crippen molar-refractivity contribution >= 4 is 17.8 Å². The van der Waals surface area contributed by atoms with Crippen molar-refractivity contribution < 1.29 is 89.5 Å². The number of esters is 1. The molecule has 13 N–H and O–H groups in total. The number of allylic oxidation sites excluding steroid dienone is 12. The van der Waals surface area contributed by atoms with E-state index in [2.05, 4.69) is 10.6 Å². The van der Waals surface area contributed by atoms with Crippen LogP contribution in [0.25, 0.3) is 0 Å². The Labute approximate surface area is 471 Å². The molecule has 0 aromatic rings. The number of aliphatic hydroxyl groups is 11. The largest absolute Gasteiger partial charge is 0.462 e. The highest BCUT2D eigenvalue weighted by Crippen LogP contribution is 2.39. The zero-order valence-corrected chi connectivity index (χ0v) is 47.5. The highest BCUT2D eigenvalue weighted by Gasteiger charge is 2.52. The molecule has 4 aliphatic heterocycles. The summed E-state index contributed by atoms with van der Waals surface area (Å²) in [4.78, 5) is 43.7. The summed E-state index contributed by atoms with van der Waals surface area (Å²) in [5, 5.41) is 128. The minimum atomic E-state index is -2.33. The molecule has 0 saturated carbocycles. The minimum absolute atomic E-state index is 0.114. The maximum absolute atomic E-state index is 14.6. The fourth-order valence-electron chi connectivity index (χ4n) is 10.4. The molecule has 0 spiro atoms. The first kappa shape index (κ1) is 68.4. The maximum Gasteiger partial charge on any atom is 0.308 e. The summed E-state index contributed by atoms with van der Waals surface area (Å²) in [5.41, 5.74) is -0.989. The number of hydrogen-bond donors (Lipinski definition) is 13. The van der Waals surface area contributed by atoms with Crippen LogP contribution in [0, 0.1) is 17.8 Å². The van der Waals surface area contributed by atoms with Crippen LogP contribution in [0.2, 0.25) is 0 Å². The number of amides is 2. The molecule has 0 aromatic heterocycles. The third-order valence-corrected chi connectivity index (χ3v) is 14.9. The number of rotatable bonds is 8. The van der Waals surface area contributed by atoms with E-state index in [0.717, 1.165) is 0 Å². The van der Waals surface area contributed by atoms with Crippen LogP contribution in [0.1, 0.15) is 92.9 Å². The Kier molecular flexibility index (Phi) is 28.5. The van der Waals surface area contributed by atoms with E-state index in [4.69, 9.17) is 18.9 Å². The van der Waals surface area contributed by atoms with E-state index in [0.29, 0.717) is 19.6 Å². The SMILES string of the molecule is CNCC(=O)N[C@@H]1[C@H](O)[C@@H](O[C@H]2/C=C/C=C/C=C/C=C/C=C/C=C/C=C/[C@H](C)[C@@H](O)[C@@H](C)[C@H](C)OC(=O)C[C@H](O)C[C@H](O)CC[C@@H](O)[C@H](O)C[C@H](O)C[C@]3(O)C[C@H](O)[C@@H](C(=O)N4CCN(CC(C)(C)O)CC4)[C@H](C2)O3)O[C@@H](C)[C@H]1O. The van der Waals surface area contributed by atoms with Gasteiger partial charge in [0, 0.05) is 70.2 Å². The van der Waals surface area contributed by atoms with Gasteiger partial charge in [0.25, 0.3) is 0 Å². The summed E-state index contributed by atoms with van der Waals surface area (Å²) in [7, 11) is 1.56. The number of likely N-dealkylation sites (N-methyl/N-ethyl adjacent to an activating group) is 1. The molecule has 80 heavy (non-hydrogen) atoms. The van der Waals surface area contributed by atoms with Crippen LogP contribution in [0.3, 0.4) is 0 Å². The quantitative estimate of drug-likeness (QED) is 0.141. The van der Waals surface area contributed by atoms with Crippen molar-refractivity contribution in [3.05, 3.63) is 85.1 Å². The van der Waals surface area contributed by atoms with Crippen LogP contribution in [-0.2, 0) is 33.3 Å². The average Bonchev–Trinajstić information content (AvgIpc) is 3.36. The lowest BCUT2D eigenvalue weighted by atomic mass is 9.81. The van der Waals surface area contributed by atoms with Gasteiger partial charge in [-0.25, -0.2) is 0 Å². The topological polar surface area (TPSA) is 341 Å². The van der Waals surface area contributed by atoms with E-state index < -0.39 is 158 Å². The molecule has 0 aromatic carbocycles. The summed E-state index contributed by atoms with van der Waals surface area (Å²) in [6, 6.07) is -1.23. The van der Waals surface area contributed by atoms with Gasteiger partial charge in [0.1, 0.15) is 18.3 Å². The van der Waals surface area contributed by atoms with Crippen molar-refractivity contribution in [1.29, 1.82) is 0 Å². The van der Waals surface area contributed by atoms with Gasteiger partial charge in [-0.1, -0.05) is 98.9 Å². The van der Waals surface area contributed by atoms with Crippen molar-refractivity contribution in [1.82, 2.24) is 20.4 Å². The maximum atomic E-state index is 14.6. The number of nitrogens with zero attached hydrogens (tertiary/aromatic N) is 2. The molecule has 3 saturated heterocycles. The Morgan fingerprint density at radius 3 is 1.88 bits per heavy atom. The monoisotopic (exact) mass is 1130 g/mol. The van der Waals surface area contributed by atoms with E-state index in [-0.39, 0.29) is 51.2 Å². The predicted octanol–water partition coefficient (Wildman–Crippen LogP) is -0.0809. The second kappa shape index (κ2) is 33.3. The lowest BCUT2D eigenvalue weighted by molar-refractivity contribution is -0.308. The number of carbonyl (C=O) groups is 3. The van der Waals surface area contributed by atoms with Crippen molar-refractivity contribution in [2.75, 3.05) is 46.3 Å². The number of ether oxygens (including phenoxy) is 4. The Hall–Kier alpha value is -4.05. The highest BCUT2D eigenvalue weighted by atomic mass is 16.7. The standard InChI is InChI=1S/C58H94N4O18/c1-36-20-18-16-14-12-10-8-9-11-13-15-17-19-21-43(79-56-54(73)51(53(72)39(4)78-56)60-48(69)34-59-7)31-47-50(55(74)62-26-24-61(25-27-62)35-57(5,6)75)46(68)33-58(76,80-47)32-42(65)29-45(67)44(66)23-22-40(63)28-41(64)30-49(70)77-38(3)37(2)52(36)71/h8-21,36-47,50-54,56,59,63-68,71-73,75-76H,22-35H2,1-7H3,(H,60,69)/b9-8+,12-10+,13-11+,16-14+,17-15+,20-18+,21-19+/t36-,37-,38-,39-,40+,41+,42-,43-,44+,45+,46-,47-,50+,51-,52+,53+,54-,56+,58+/m0/s1. The first-order chi connectivity index (χ1) is 37.7. The lowest BCUT2D eigenvalue weighted by Gasteiger charge is -2.47.